The van der Waals surface area contributed by atoms with Gasteiger partial charge in [0.05, 0.1) is 17.0 Å². The van der Waals surface area contributed by atoms with Crippen LogP contribution in [0.4, 0.5) is 0 Å². The maximum absolute atomic E-state index is 13.4. The number of rotatable bonds is 3. The van der Waals surface area contributed by atoms with E-state index in [-0.39, 0.29) is 27.0 Å². The average molecular weight is 407 g/mol. The summed E-state index contributed by atoms with van der Waals surface area (Å²) in [6.45, 7) is 0.360. The van der Waals surface area contributed by atoms with Gasteiger partial charge in [-0.15, -0.1) is 0 Å². The fourth-order valence-electron chi connectivity index (χ4n) is 3.70. The molecule has 0 radical (unpaired) electrons. The number of halogens is 2. The minimum atomic E-state index is -3.95. The Balaban J connectivity index is 2.13. The zero-order valence-corrected chi connectivity index (χ0v) is 16.3. The summed E-state index contributed by atoms with van der Waals surface area (Å²) in [5.74, 6) is -0.207. The summed E-state index contributed by atoms with van der Waals surface area (Å²) < 4.78 is 33.6. The van der Waals surface area contributed by atoms with Gasteiger partial charge in [-0.25, -0.2) is 8.42 Å². The van der Waals surface area contributed by atoms with Crippen LogP contribution in [0.3, 0.4) is 0 Å². The molecule has 2 saturated heterocycles. The lowest BCUT2D eigenvalue weighted by atomic mass is 9.96. The first-order chi connectivity index (χ1) is 11.8. The van der Waals surface area contributed by atoms with Gasteiger partial charge in [-0.2, -0.15) is 4.31 Å². The van der Waals surface area contributed by atoms with E-state index in [2.05, 4.69) is 0 Å². The molecule has 6 nitrogen and oxygen atoms in total. The standard InChI is InChI=1S/C16H20Cl2N2O4S/c1-19-9-15(24-2)13-4-3-5-14(16(19)21)20(13)25(22,23)12-7-10(17)6-11(18)8-12/h6-8,13-15H,3-5,9H2,1-2H3/t13-,14+,15+/m1/s1. The molecule has 2 aliphatic heterocycles. The molecule has 138 valence electrons. The Morgan fingerprint density at radius 3 is 2.40 bits per heavy atom. The monoisotopic (exact) mass is 406 g/mol. The zero-order valence-electron chi connectivity index (χ0n) is 14.0. The number of carbonyl (C=O) groups is 1. The van der Waals surface area contributed by atoms with Gasteiger partial charge in [0, 0.05) is 30.7 Å². The van der Waals surface area contributed by atoms with Gasteiger partial charge in [0.15, 0.2) is 0 Å². The Morgan fingerprint density at radius 2 is 1.80 bits per heavy atom. The summed E-state index contributed by atoms with van der Waals surface area (Å²) in [5, 5.41) is 0.468. The van der Waals surface area contributed by atoms with Crippen LogP contribution in [-0.4, -0.2) is 62.4 Å². The first-order valence-corrected chi connectivity index (χ1v) is 10.2. The fraction of sp³-hybridized carbons (Fsp3) is 0.562. The van der Waals surface area contributed by atoms with Crippen LogP contribution in [0.25, 0.3) is 0 Å². The molecule has 0 N–H and O–H groups in total. The Hall–Kier alpha value is -0.860. The minimum Gasteiger partial charge on any atom is -0.378 e. The van der Waals surface area contributed by atoms with E-state index in [0.29, 0.717) is 19.4 Å². The molecule has 0 unspecified atom stereocenters. The van der Waals surface area contributed by atoms with Crippen LogP contribution in [0.2, 0.25) is 10.0 Å². The van der Waals surface area contributed by atoms with E-state index in [1.165, 1.54) is 22.5 Å². The number of amides is 1. The molecule has 0 aromatic heterocycles. The molecule has 25 heavy (non-hydrogen) atoms. The van der Waals surface area contributed by atoms with Gasteiger partial charge in [0.2, 0.25) is 15.9 Å². The van der Waals surface area contributed by atoms with Crippen molar-refractivity contribution in [3.05, 3.63) is 28.2 Å². The number of ether oxygens (including phenoxy) is 1. The second-order valence-corrected chi connectivity index (χ2v) is 9.16. The Morgan fingerprint density at radius 1 is 1.16 bits per heavy atom. The van der Waals surface area contributed by atoms with E-state index in [1.807, 2.05) is 0 Å². The first-order valence-electron chi connectivity index (χ1n) is 8.03. The third kappa shape index (κ3) is 3.40. The van der Waals surface area contributed by atoms with Crippen molar-refractivity contribution in [1.29, 1.82) is 0 Å². The normalized spacial score (nSPS) is 28.1. The number of fused-ring (bicyclic) bond motifs is 2. The van der Waals surface area contributed by atoms with Crippen LogP contribution < -0.4 is 0 Å². The molecule has 2 bridgehead atoms. The molecular weight excluding hydrogens is 387 g/mol. The zero-order chi connectivity index (χ0) is 18.4. The Kier molecular flexibility index (Phi) is 5.33. The number of hydrogen-bond donors (Lipinski definition) is 0. The number of methoxy groups -OCH3 is 1. The smallest absolute Gasteiger partial charge is 0.244 e. The number of hydrogen-bond acceptors (Lipinski definition) is 4. The Bertz CT molecular complexity index is 766. The summed E-state index contributed by atoms with van der Waals surface area (Å²) in [6, 6.07) is 3.06. The molecule has 0 saturated carbocycles. The quantitative estimate of drug-likeness (QED) is 0.772. The summed E-state index contributed by atoms with van der Waals surface area (Å²) >= 11 is 12.0. The Labute approximate surface area is 157 Å². The molecular formula is C16H20Cl2N2O4S. The number of nitrogens with zero attached hydrogens (tertiary/aromatic N) is 2. The summed E-state index contributed by atoms with van der Waals surface area (Å²) in [4.78, 5) is 14.3. The topological polar surface area (TPSA) is 66.9 Å². The van der Waals surface area contributed by atoms with Gasteiger partial charge >= 0.3 is 0 Å². The molecule has 3 atom stereocenters. The summed E-state index contributed by atoms with van der Waals surface area (Å²) in [7, 11) is -0.735. The van der Waals surface area contributed by atoms with Crippen LogP contribution in [0.5, 0.6) is 0 Å². The molecule has 2 aliphatic rings. The number of carbonyl (C=O) groups excluding carboxylic acids is 1. The van der Waals surface area contributed by atoms with Crippen molar-refractivity contribution in [2.75, 3.05) is 20.7 Å². The van der Waals surface area contributed by atoms with Crippen LogP contribution >= 0.6 is 23.2 Å². The molecule has 1 aromatic carbocycles. The van der Waals surface area contributed by atoms with E-state index in [4.69, 9.17) is 27.9 Å². The van der Waals surface area contributed by atoms with E-state index in [1.54, 1.807) is 19.1 Å². The predicted octanol–water partition coefficient (Wildman–Crippen LogP) is 2.39. The highest BCUT2D eigenvalue weighted by atomic mass is 35.5. The van der Waals surface area contributed by atoms with Crippen LogP contribution in [0.15, 0.2) is 23.1 Å². The number of sulfonamides is 1. The molecule has 2 fully saturated rings. The second kappa shape index (κ2) is 7.04. The average Bonchev–Trinajstić information content (AvgIpc) is 2.62. The third-order valence-corrected chi connectivity index (χ3v) is 7.22. The lowest BCUT2D eigenvalue weighted by molar-refractivity contribution is -0.133. The number of piperidine rings is 1. The lowest BCUT2D eigenvalue weighted by Crippen LogP contribution is -2.55. The molecule has 2 heterocycles. The van der Waals surface area contributed by atoms with Gasteiger partial charge in [0.25, 0.3) is 0 Å². The maximum atomic E-state index is 13.4. The number of benzene rings is 1. The largest absolute Gasteiger partial charge is 0.378 e. The van der Waals surface area contributed by atoms with Crippen molar-refractivity contribution in [2.45, 2.75) is 42.3 Å². The van der Waals surface area contributed by atoms with Gasteiger partial charge in [-0.05, 0) is 37.5 Å². The van der Waals surface area contributed by atoms with Crippen molar-refractivity contribution in [3.63, 3.8) is 0 Å². The SMILES string of the molecule is CO[C@H]1CN(C)C(=O)[C@@H]2CCC[C@H]1N2S(=O)(=O)c1cc(Cl)cc(Cl)c1. The first kappa shape index (κ1) is 18.9. The van der Waals surface area contributed by atoms with Crippen molar-refractivity contribution in [1.82, 2.24) is 9.21 Å². The van der Waals surface area contributed by atoms with Crippen molar-refractivity contribution in [3.8, 4) is 0 Å². The second-order valence-electron chi connectivity index (χ2n) is 6.45. The van der Waals surface area contributed by atoms with Crippen molar-refractivity contribution < 1.29 is 17.9 Å². The van der Waals surface area contributed by atoms with E-state index in [0.717, 1.165) is 6.42 Å². The minimum absolute atomic E-state index is 0.00546. The highest BCUT2D eigenvalue weighted by Gasteiger charge is 2.49. The van der Waals surface area contributed by atoms with Crippen LogP contribution in [0.1, 0.15) is 19.3 Å². The van der Waals surface area contributed by atoms with Gasteiger partial charge in [0.1, 0.15) is 6.04 Å². The third-order valence-electron chi connectivity index (χ3n) is 4.87. The highest BCUT2D eigenvalue weighted by Crippen LogP contribution is 2.36. The summed E-state index contributed by atoms with van der Waals surface area (Å²) in [6.07, 6.45) is 1.52. The van der Waals surface area contributed by atoms with Gasteiger partial charge in [-0.3, -0.25) is 4.79 Å². The van der Waals surface area contributed by atoms with Gasteiger partial charge in [-0.1, -0.05) is 23.2 Å². The van der Waals surface area contributed by atoms with Crippen molar-refractivity contribution in [2.24, 2.45) is 0 Å². The lowest BCUT2D eigenvalue weighted by Gasteiger charge is -2.40. The van der Waals surface area contributed by atoms with E-state index >= 15 is 0 Å². The fourth-order valence-corrected chi connectivity index (χ4v) is 6.28. The molecule has 3 rings (SSSR count). The molecule has 1 amide bonds. The highest BCUT2D eigenvalue weighted by molar-refractivity contribution is 7.89. The molecule has 9 heteroatoms. The summed E-state index contributed by atoms with van der Waals surface area (Å²) in [5.41, 5.74) is 0. The molecule has 0 spiro atoms. The van der Waals surface area contributed by atoms with E-state index in [9.17, 15) is 13.2 Å². The molecule has 1 aromatic rings. The number of likely N-dealkylation sites (N-methyl/N-ethyl adjacent to an activating group) is 1. The predicted molar refractivity (Wildman–Crippen MR) is 95.3 cm³/mol. The van der Waals surface area contributed by atoms with Gasteiger partial charge < -0.3 is 9.64 Å². The molecule has 0 aliphatic carbocycles. The van der Waals surface area contributed by atoms with Crippen LogP contribution in [0, 0.1) is 0 Å². The van der Waals surface area contributed by atoms with E-state index < -0.39 is 22.1 Å². The van der Waals surface area contributed by atoms with Crippen molar-refractivity contribution >= 4 is 39.1 Å². The maximum Gasteiger partial charge on any atom is 0.244 e. The van der Waals surface area contributed by atoms with Crippen LogP contribution in [-0.2, 0) is 19.6 Å².